The molecular formula is C16H21N3. The lowest BCUT2D eigenvalue weighted by Gasteiger charge is -2.40. The van der Waals surface area contributed by atoms with Crippen LogP contribution in [0.1, 0.15) is 33.6 Å². The van der Waals surface area contributed by atoms with Crippen molar-refractivity contribution < 1.29 is 0 Å². The van der Waals surface area contributed by atoms with Gasteiger partial charge in [-0.25, -0.2) is 0 Å². The number of nitrogens with two attached hydrogens (primary N) is 1. The highest BCUT2D eigenvalue weighted by atomic mass is 15.1. The lowest BCUT2D eigenvalue weighted by Crippen LogP contribution is -2.47. The summed E-state index contributed by atoms with van der Waals surface area (Å²) in [6.45, 7) is 7.08. The van der Waals surface area contributed by atoms with Crippen LogP contribution in [-0.2, 0) is 0 Å². The molecule has 0 amide bonds. The number of rotatable bonds is 0. The first kappa shape index (κ1) is 11.3. The van der Waals surface area contributed by atoms with Gasteiger partial charge in [-0.1, -0.05) is 19.9 Å². The molecule has 2 saturated carbocycles. The summed E-state index contributed by atoms with van der Waals surface area (Å²) in [5, 5.41) is 3.70. The van der Waals surface area contributed by atoms with Crippen LogP contribution in [0.25, 0.3) is 0 Å². The number of anilines is 2. The fourth-order valence-corrected chi connectivity index (χ4v) is 4.17. The molecule has 1 aliphatic heterocycles. The van der Waals surface area contributed by atoms with Gasteiger partial charge in [0.15, 0.2) is 0 Å². The minimum absolute atomic E-state index is 0.0235. The molecule has 4 rings (SSSR count). The van der Waals surface area contributed by atoms with Crippen molar-refractivity contribution in [2.45, 2.75) is 39.2 Å². The molecule has 2 aliphatic carbocycles. The monoisotopic (exact) mass is 255 g/mol. The van der Waals surface area contributed by atoms with Crippen molar-refractivity contribution in [3.8, 4) is 0 Å². The average molecular weight is 255 g/mol. The van der Waals surface area contributed by atoms with Crippen LogP contribution in [0, 0.1) is 17.3 Å². The fourth-order valence-electron chi connectivity index (χ4n) is 4.17. The number of hydrogen-bond acceptors (Lipinski definition) is 3. The predicted molar refractivity (Wildman–Crippen MR) is 80.0 cm³/mol. The van der Waals surface area contributed by atoms with Crippen molar-refractivity contribution in [3.63, 3.8) is 0 Å². The van der Waals surface area contributed by atoms with E-state index < -0.39 is 0 Å². The number of nitrogens with zero attached hydrogens (tertiary/aromatic N) is 1. The number of nitrogens with one attached hydrogen (secondary N) is 1. The van der Waals surface area contributed by atoms with E-state index in [0.29, 0.717) is 5.41 Å². The van der Waals surface area contributed by atoms with Gasteiger partial charge < -0.3 is 11.1 Å². The minimum Gasteiger partial charge on any atom is -0.397 e. The second kappa shape index (κ2) is 3.14. The largest absolute Gasteiger partial charge is 0.397 e. The molecule has 0 spiro atoms. The molecule has 3 heteroatoms. The van der Waals surface area contributed by atoms with Gasteiger partial charge in [0, 0.05) is 5.71 Å². The maximum Gasteiger partial charge on any atom is 0.109 e. The van der Waals surface area contributed by atoms with Gasteiger partial charge in [0.05, 0.1) is 16.9 Å². The zero-order chi connectivity index (χ0) is 13.4. The Morgan fingerprint density at radius 1 is 1.26 bits per heavy atom. The first-order valence-corrected chi connectivity index (χ1v) is 7.16. The highest BCUT2D eigenvalue weighted by molar-refractivity contribution is 6.04. The Morgan fingerprint density at radius 2 is 2.05 bits per heavy atom. The highest BCUT2D eigenvalue weighted by Crippen LogP contribution is 2.66. The summed E-state index contributed by atoms with van der Waals surface area (Å²) < 4.78 is 0. The van der Waals surface area contributed by atoms with E-state index in [1.54, 1.807) is 0 Å². The zero-order valence-corrected chi connectivity index (χ0v) is 11.8. The second-order valence-electron chi connectivity index (χ2n) is 7.20. The second-order valence-corrected chi connectivity index (χ2v) is 7.20. The van der Waals surface area contributed by atoms with Crippen LogP contribution >= 0.6 is 0 Å². The van der Waals surface area contributed by atoms with E-state index >= 15 is 0 Å². The number of para-hydroxylation sites is 1. The van der Waals surface area contributed by atoms with E-state index in [1.165, 1.54) is 12.1 Å². The van der Waals surface area contributed by atoms with Crippen LogP contribution in [0.5, 0.6) is 0 Å². The van der Waals surface area contributed by atoms with Crippen molar-refractivity contribution in [3.05, 3.63) is 18.2 Å². The topological polar surface area (TPSA) is 50.4 Å². The summed E-state index contributed by atoms with van der Waals surface area (Å²) in [6.07, 6.45) is 2.31. The maximum absolute atomic E-state index is 6.06. The van der Waals surface area contributed by atoms with Crippen LogP contribution in [0.15, 0.2) is 23.2 Å². The van der Waals surface area contributed by atoms with Gasteiger partial charge in [0.2, 0.25) is 0 Å². The molecule has 2 fully saturated rings. The lowest BCUT2D eigenvalue weighted by molar-refractivity contribution is 0.467. The van der Waals surface area contributed by atoms with Gasteiger partial charge in [-0.3, -0.25) is 4.99 Å². The SMILES string of the molecule is CC1(C)[C@@H]2CC3=Nc4c(N)cccc4N[C@@]3(C)C[C@@H]21. The molecule has 3 nitrogen and oxygen atoms in total. The van der Waals surface area contributed by atoms with E-state index in [0.717, 1.165) is 35.3 Å². The Bertz CT molecular complexity index is 602. The number of benzene rings is 1. The quantitative estimate of drug-likeness (QED) is 0.696. The molecule has 0 unspecified atom stereocenters. The van der Waals surface area contributed by atoms with Gasteiger partial charge in [0.1, 0.15) is 5.69 Å². The van der Waals surface area contributed by atoms with Crippen LogP contribution in [0.2, 0.25) is 0 Å². The normalized spacial score (nSPS) is 37.3. The van der Waals surface area contributed by atoms with Crippen molar-refractivity contribution in [1.29, 1.82) is 0 Å². The maximum atomic E-state index is 6.06. The third kappa shape index (κ3) is 1.36. The molecule has 3 aliphatic rings. The number of hydrogen-bond donors (Lipinski definition) is 2. The summed E-state index contributed by atoms with van der Waals surface area (Å²) in [5.74, 6) is 1.65. The molecule has 0 saturated heterocycles. The van der Waals surface area contributed by atoms with Crippen LogP contribution in [-0.4, -0.2) is 11.3 Å². The first-order valence-electron chi connectivity index (χ1n) is 7.16. The molecule has 0 radical (unpaired) electrons. The fraction of sp³-hybridized carbons (Fsp3) is 0.562. The molecule has 0 aromatic heterocycles. The van der Waals surface area contributed by atoms with Gasteiger partial charge in [-0.05, 0) is 49.1 Å². The van der Waals surface area contributed by atoms with Crippen LogP contribution < -0.4 is 11.1 Å². The predicted octanol–water partition coefficient (Wildman–Crippen LogP) is 3.59. The summed E-state index contributed by atoms with van der Waals surface area (Å²) >= 11 is 0. The molecule has 3 atom stereocenters. The molecule has 1 aromatic carbocycles. The van der Waals surface area contributed by atoms with E-state index in [9.17, 15) is 0 Å². The van der Waals surface area contributed by atoms with Gasteiger partial charge >= 0.3 is 0 Å². The highest BCUT2D eigenvalue weighted by Gasteiger charge is 2.63. The standard InChI is InChI=1S/C16H21N3/c1-15(2)9-7-13-16(3,8-10(9)15)19-12-6-4-5-11(17)14(12)18-13/h4-6,9-10,19H,7-8,17H2,1-3H3/t9-,10+,16+/m1/s1. The van der Waals surface area contributed by atoms with E-state index in [4.69, 9.17) is 10.7 Å². The summed E-state index contributed by atoms with van der Waals surface area (Å²) in [5.41, 5.74) is 10.7. The van der Waals surface area contributed by atoms with E-state index in [-0.39, 0.29) is 5.54 Å². The molecule has 19 heavy (non-hydrogen) atoms. The molecule has 1 heterocycles. The third-order valence-corrected chi connectivity index (χ3v) is 5.69. The molecule has 1 aromatic rings. The molecular weight excluding hydrogens is 234 g/mol. The number of aliphatic imine (C=N–C) groups is 1. The minimum atomic E-state index is 0.0235. The smallest absolute Gasteiger partial charge is 0.109 e. The third-order valence-electron chi connectivity index (χ3n) is 5.69. The summed E-state index contributed by atoms with van der Waals surface area (Å²) in [6, 6.07) is 6.01. The number of fused-ring (bicyclic) bond motifs is 3. The van der Waals surface area contributed by atoms with E-state index in [1.807, 2.05) is 12.1 Å². The first-order chi connectivity index (χ1) is 8.92. The van der Waals surface area contributed by atoms with Gasteiger partial charge in [-0.2, -0.15) is 0 Å². The van der Waals surface area contributed by atoms with Crippen molar-refractivity contribution in [1.82, 2.24) is 0 Å². The lowest BCUT2D eigenvalue weighted by atomic mass is 9.80. The number of nitrogen functional groups attached to an aromatic ring is 1. The van der Waals surface area contributed by atoms with Crippen molar-refractivity contribution in [2.24, 2.45) is 22.2 Å². The van der Waals surface area contributed by atoms with E-state index in [2.05, 4.69) is 32.2 Å². The Morgan fingerprint density at radius 3 is 2.84 bits per heavy atom. The van der Waals surface area contributed by atoms with Crippen molar-refractivity contribution in [2.75, 3.05) is 11.1 Å². The van der Waals surface area contributed by atoms with Gasteiger partial charge in [0.25, 0.3) is 0 Å². The Hall–Kier alpha value is -1.51. The summed E-state index contributed by atoms with van der Waals surface area (Å²) in [7, 11) is 0. The molecule has 3 N–H and O–H groups in total. The van der Waals surface area contributed by atoms with Crippen molar-refractivity contribution >= 4 is 22.8 Å². The average Bonchev–Trinajstić information content (AvgIpc) is 2.85. The Labute approximate surface area is 114 Å². The van der Waals surface area contributed by atoms with Crippen LogP contribution in [0.3, 0.4) is 0 Å². The molecule has 0 bridgehead atoms. The van der Waals surface area contributed by atoms with Gasteiger partial charge in [-0.15, -0.1) is 0 Å². The summed E-state index contributed by atoms with van der Waals surface area (Å²) in [4.78, 5) is 4.91. The van der Waals surface area contributed by atoms with Crippen LogP contribution in [0.4, 0.5) is 17.1 Å². The zero-order valence-electron chi connectivity index (χ0n) is 11.8. The Balaban J connectivity index is 1.80. The molecule has 100 valence electrons. The Kier molecular flexibility index (Phi) is 1.87.